The smallest absolute Gasteiger partial charge is 0.294 e. The molecule has 0 saturated heterocycles. The number of anilines is 2. The highest BCUT2D eigenvalue weighted by Gasteiger charge is 2.49. The van der Waals surface area contributed by atoms with Gasteiger partial charge in [-0.25, -0.2) is 4.98 Å². The number of aromatic hydroxyl groups is 5. The molecule has 0 bridgehead atoms. The zero-order valence-corrected chi connectivity index (χ0v) is 20.8. The number of carbonyl (C=O) groups excluding carboxylic acids is 1. The fourth-order valence-corrected chi connectivity index (χ4v) is 4.08. The lowest BCUT2D eigenvalue weighted by atomic mass is 10.0. The Morgan fingerprint density at radius 2 is 1.46 bits per heavy atom. The molecular weight excluding hydrogens is 544 g/mol. The number of nitrogens with two attached hydrogens (primary N) is 1. The molecule has 15 N–H and O–H groups in total. The summed E-state index contributed by atoms with van der Waals surface area (Å²) >= 11 is 0.500. The van der Waals surface area contributed by atoms with E-state index in [4.69, 9.17) is 5.73 Å². The fourth-order valence-electron chi connectivity index (χ4n) is 3.46. The van der Waals surface area contributed by atoms with Crippen LogP contribution in [0.4, 0.5) is 10.8 Å². The van der Waals surface area contributed by atoms with Crippen molar-refractivity contribution in [2.75, 3.05) is 17.6 Å². The Kier molecular flexibility index (Phi) is 7.84. The first kappa shape index (κ1) is 29.6. The van der Waals surface area contributed by atoms with E-state index in [0.717, 1.165) is 24.3 Å². The Morgan fingerprint density at radius 3 is 1.95 bits per heavy atom. The topological polar surface area (TPSA) is 303 Å². The van der Waals surface area contributed by atoms with E-state index in [9.17, 15) is 61.0 Å². The van der Waals surface area contributed by atoms with Gasteiger partial charge < -0.3 is 67.2 Å². The van der Waals surface area contributed by atoms with Crippen LogP contribution in [0.3, 0.4) is 0 Å². The van der Waals surface area contributed by atoms with Gasteiger partial charge in [0, 0.05) is 28.9 Å². The van der Waals surface area contributed by atoms with Gasteiger partial charge in [-0.05, 0) is 25.5 Å². The Balaban J connectivity index is 1.71. The lowest BCUT2D eigenvalue weighted by molar-refractivity contribution is -0.378. The van der Waals surface area contributed by atoms with E-state index in [1.54, 1.807) is 0 Å². The van der Waals surface area contributed by atoms with Crippen molar-refractivity contribution in [1.29, 1.82) is 0 Å². The van der Waals surface area contributed by atoms with Crippen molar-refractivity contribution in [2.45, 2.75) is 30.8 Å². The molecule has 2 aromatic carbocycles. The largest absolute Gasteiger partial charge is 0.504 e. The van der Waals surface area contributed by atoms with E-state index in [2.05, 4.69) is 10.3 Å². The second kappa shape index (κ2) is 10.3. The molecule has 0 spiro atoms. The predicted molar refractivity (Wildman–Crippen MR) is 132 cm³/mol. The molecule has 0 saturated carbocycles. The summed E-state index contributed by atoms with van der Waals surface area (Å²) in [6, 6.07) is 3.98. The zero-order chi connectivity index (χ0) is 29.5. The predicted octanol–water partition coefficient (Wildman–Crippen LogP) is -2.05. The molecule has 1 aromatic heterocycles. The molecule has 17 heteroatoms. The molecule has 0 radical (unpaired) electrons. The first-order valence-corrected chi connectivity index (χ1v) is 11.7. The van der Waals surface area contributed by atoms with Gasteiger partial charge in [0.05, 0.1) is 0 Å². The van der Waals surface area contributed by atoms with Crippen molar-refractivity contribution < 1.29 is 61.0 Å². The van der Waals surface area contributed by atoms with Crippen LogP contribution in [-0.2, 0) is 22.8 Å². The highest BCUT2D eigenvalue weighted by atomic mass is 32.1. The number of aromatic nitrogens is 1. The van der Waals surface area contributed by atoms with Crippen LogP contribution in [0.1, 0.15) is 22.4 Å². The summed E-state index contributed by atoms with van der Waals surface area (Å²) < 4.78 is 0. The number of phenols is 4. The Morgan fingerprint density at radius 1 is 0.923 bits per heavy atom. The van der Waals surface area contributed by atoms with Gasteiger partial charge in [-0.1, -0.05) is 23.5 Å². The first-order valence-electron chi connectivity index (χ1n) is 10.8. The van der Waals surface area contributed by atoms with Gasteiger partial charge in [-0.15, -0.1) is 0 Å². The molecule has 1 amide bonds. The number of rotatable bonds is 9. The number of aliphatic hydroxyl groups is 6. The minimum atomic E-state index is -3.44. The molecule has 16 nitrogen and oxygen atoms in total. The standard InChI is InChI=1S/C22H26N4O12S/c1-8-12(27)14(29)11(15(30)13(8)28)6-7-24-22(37,38)21(35,36)9-2-4-10(5-3-9)25-18(32)20(33,34)16-17(31)39-19(23)26-16/h2-5,24,27-31,33-38H,6-7H2,1H3,(H2,23,26)(H,25,32). The fraction of sp³-hybridized carbons (Fsp3) is 0.273. The number of nitrogens with one attached hydrogen (secondary N) is 2. The van der Waals surface area contributed by atoms with E-state index in [0.29, 0.717) is 11.3 Å². The Hall–Kier alpha value is -3.94. The number of amides is 1. The second-order valence-corrected chi connectivity index (χ2v) is 9.44. The van der Waals surface area contributed by atoms with Gasteiger partial charge in [0.25, 0.3) is 23.4 Å². The van der Waals surface area contributed by atoms with Gasteiger partial charge in [-0.2, -0.15) is 0 Å². The van der Waals surface area contributed by atoms with Gasteiger partial charge >= 0.3 is 0 Å². The van der Waals surface area contributed by atoms with Crippen LogP contribution in [0.5, 0.6) is 28.1 Å². The Bertz CT molecular complexity index is 1360. The molecule has 3 rings (SSSR count). The van der Waals surface area contributed by atoms with Gasteiger partial charge in [0.1, 0.15) is 0 Å². The van der Waals surface area contributed by atoms with E-state index in [1.807, 2.05) is 5.32 Å². The minimum Gasteiger partial charge on any atom is -0.504 e. The summed E-state index contributed by atoms with van der Waals surface area (Å²) in [7, 11) is 0. The number of thiazole rings is 1. The molecule has 0 aliphatic carbocycles. The SMILES string of the molecule is Cc1c(O)c(O)c(CCNC(O)(O)C(O)(O)c2ccc(NC(=O)C(O)(O)c3nc(N)sc3O)cc2)c(O)c1O. The highest BCUT2D eigenvalue weighted by molar-refractivity contribution is 7.17. The number of nitrogens with zero attached hydrogens (tertiary/aromatic N) is 1. The third kappa shape index (κ3) is 5.46. The number of nitrogen functional groups attached to an aromatic ring is 1. The van der Waals surface area contributed by atoms with Crippen molar-refractivity contribution >= 4 is 28.1 Å². The molecule has 3 aromatic rings. The third-order valence-electron chi connectivity index (χ3n) is 5.78. The minimum absolute atomic E-state index is 0.117. The number of phenolic OH excluding ortho intramolecular Hbond substituents is 4. The summed E-state index contributed by atoms with van der Waals surface area (Å²) in [4.78, 5) is 15.8. The van der Waals surface area contributed by atoms with Crippen LogP contribution in [0.15, 0.2) is 24.3 Å². The van der Waals surface area contributed by atoms with E-state index in [1.165, 1.54) is 6.92 Å². The van der Waals surface area contributed by atoms with Crippen LogP contribution >= 0.6 is 11.3 Å². The molecule has 0 atom stereocenters. The van der Waals surface area contributed by atoms with E-state index < -0.39 is 75.7 Å². The molecule has 0 aliphatic rings. The average Bonchev–Trinajstić information content (AvgIpc) is 3.22. The molecule has 1 heterocycles. The number of hydrogen-bond acceptors (Lipinski definition) is 16. The van der Waals surface area contributed by atoms with Crippen LogP contribution < -0.4 is 16.4 Å². The number of carbonyl (C=O) groups is 1. The maximum absolute atomic E-state index is 12.3. The maximum atomic E-state index is 12.3. The Labute approximate surface area is 222 Å². The number of hydrogen-bond donors (Lipinski definition) is 14. The number of benzene rings is 2. The molecular formula is C22H26N4O12S. The summed E-state index contributed by atoms with van der Waals surface area (Å²) in [6.45, 7) is 0.698. The molecule has 0 fully saturated rings. The quantitative estimate of drug-likeness (QED) is 0.0747. The van der Waals surface area contributed by atoms with Crippen LogP contribution in [0.2, 0.25) is 0 Å². The third-order valence-corrected chi connectivity index (χ3v) is 6.47. The summed E-state index contributed by atoms with van der Waals surface area (Å²) in [5.74, 6) is -14.5. The zero-order valence-electron chi connectivity index (χ0n) is 20.0. The van der Waals surface area contributed by atoms with Crippen molar-refractivity contribution in [1.82, 2.24) is 10.3 Å². The maximum Gasteiger partial charge on any atom is 0.294 e. The molecule has 212 valence electrons. The van der Waals surface area contributed by atoms with Gasteiger partial charge in [-0.3, -0.25) is 10.1 Å². The van der Waals surface area contributed by atoms with Crippen molar-refractivity contribution in [3.8, 4) is 28.1 Å². The van der Waals surface area contributed by atoms with Crippen molar-refractivity contribution in [3.05, 3.63) is 46.6 Å². The molecule has 39 heavy (non-hydrogen) atoms. The average molecular weight is 571 g/mol. The van der Waals surface area contributed by atoms with Gasteiger partial charge in [0.15, 0.2) is 33.8 Å². The van der Waals surface area contributed by atoms with E-state index in [-0.39, 0.29) is 21.9 Å². The lowest BCUT2D eigenvalue weighted by Crippen LogP contribution is -2.61. The van der Waals surface area contributed by atoms with Crippen molar-refractivity contribution in [3.63, 3.8) is 0 Å². The van der Waals surface area contributed by atoms with E-state index >= 15 is 0 Å². The normalized spacial score (nSPS) is 12.5. The summed E-state index contributed by atoms with van der Waals surface area (Å²) in [5, 5.41) is 114. The molecule has 0 aliphatic heterocycles. The second-order valence-electron chi connectivity index (χ2n) is 8.43. The molecule has 0 unspecified atom stereocenters. The van der Waals surface area contributed by atoms with Crippen molar-refractivity contribution in [2.24, 2.45) is 0 Å². The summed E-state index contributed by atoms with van der Waals surface area (Å²) in [6.07, 6.45) is -0.423. The highest BCUT2D eigenvalue weighted by Crippen LogP contribution is 2.46. The van der Waals surface area contributed by atoms with Gasteiger partial charge in [0.2, 0.25) is 5.06 Å². The summed E-state index contributed by atoms with van der Waals surface area (Å²) in [5.41, 5.74) is 3.37. The monoisotopic (exact) mass is 570 g/mol. The lowest BCUT2D eigenvalue weighted by Gasteiger charge is -2.35. The van der Waals surface area contributed by atoms with Crippen LogP contribution in [-0.4, -0.2) is 79.5 Å². The van der Waals surface area contributed by atoms with Crippen LogP contribution in [0.25, 0.3) is 0 Å². The van der Waals surface area contributed by atoms with Crippen LogP contribution in [0, 0.1) is 6.92 Å². The first-order chi connectivity index (χ1) is 17.9.